The Morgan fingerprint density at radius 2 is 1.91 bits per heavy atom. The van der Waals surface area contributed by atoms with Gasteiger partial charge in [0.15, 0.2) is 0 Å². The van der Waals surface area contributed by atoms with Crippen LogP contribution in [0.1, 0.15) is 18.4 Å². The number of hydrogen-bond acceptors (Lipinski definition) is 3. The molecule has 1 aliphatic heterocycles. The molecule has 0 radical (unpaired) electrons. The zero-order valence-corrected chi connectivity index (χ0v) is 12.4. The fourth-order valence-corrected chi connectivity index (χ4v) is 2.51. The van der Waals surface area contributed by atoms with Crippen molar-refractivity contribution in [2.45, 2.75) is 25.5 Å². The molecule has 0 aliphatic carbocycles. The molecule has 2 aromatic carbocycles. The lowest BCUT2D eigenvalue weighted by atomic mass is 10.2. The van der Waals surface area contributed by atoms with Crippen LogP contribution >= 0.6 is 0 Å². The quantitative estimate of drug-likeness (QED) is 0.892. The molecule has 22 heavy (non-hydrogen) atoms. The van der Waals surface area contributed by atoms with Crippen LogP contribution in [-0.4, -0.2) is 18.5 Å². The third-order valence-corrected chi connectivity index (χ3v) is 3.75. The molecule has 0 bridgehead atoms. The van der Waals surface area contributed by atoms with Crippen LogP contribution in [0.15, 0.2) is 54.6 Å². The van der Waals surface area contributed by atoms with Crippen LogP contribution < -0.4 is 15.4 Å². The van der Waals surface area contributed by atoms with E-state index in [0.29, 0.717) is 6.61 Å². The van der Waals surface area contributed by atoms with Crippen molar-refractivity contribution in [3.05, 3.63) is 60.2 Å². The van der Waals surface area contributed by atoms with Crippen LogP contribution in [0, 0.1) is 0 Å². The van der Waals surface area contributed by atoms with E-state index in [4.69, 9.17) is 4.74 Å². The van der Waals surface area contributed by atoms with Crippen LogP contribution in [0.4, 0.5) is 5.69 Å². The van der Waals surface area contributed by atoms with E-state index in [-0.39, 0.29) is 11.9 Å². The van der Waals surface area contributed by atoms with Gasteiger partial charge in [-0.2, -0.15) is 0 Å². The number of nitrogens with one attached hydrogen (secondary N) is 2. The van der Waals surface area contributed by atoms with Gasteiger partial charge in [-0.1, -0.05) is 30.3 Å². The Morgan fingerprint density at radius 1 is 1.14 bits per heavy atom. The number of rotatable bonds is 5. The third kappa shape index (κ3) is 3.86. The molecule has 4 nitrogen and oxygen atoms in total. The SMILES string of the molecule is O=C(Nc1ccc(OCc2ccccc2)cc1)C1CCCN1. The largest absolute Gasteiger partial charge is 0.489 e. The van der Waals surface area contributed by atoms with Crippen molar-refractivity contribution < 1.29 is 9.53 Å². The zero-order valence-electron chi connectivity index (χ0n) is 12.4. The van der Waals surface area contributed by atoms with Gasteiger partial charge in [-0.3, -0.25) is 4.79 Å². The van der Waals surface area contributed by atoms with Crippen molar-refractivity contribution in [3.63, 3.8) is 0 Å². The van der Waals surface area contributed by atoms with Crippen LogP contribution in [0.3, 0.4) is 0 Å². The lowest BCUT2D eigenvalue weighted by Gasteiger charge is -2.12. The Morgan fingerprint density at radius 3 is 2.59 bits per heavy atom. The molecule has 3 rings (SSSR count). The van der Waals surface area contributed by atoms with E-state index in [2.05, 4.69) is 10.6 Å². The fraction of sp³-hybridized carbons (Fsp3) is 0.278. The molecule has 1 heterocycles. The summed E-state index contributed by atoms with van der Waals surface area (Å²) in [6, 6.07) is 17.5. The molecule has 1 aliphatic rings. The first kappa shape index (κ1) is 14.6. The summed E-state index contributed by atoms with van der Waals surface area (Å²) < 4.78 is 5.73. The van der Waals surface area contributed by atoms with Crippen LogP contribution in [-0.2, 0) is 11.4 Å². The van der Waals surface area contributed by atoms with Gasteiger partial charge in [0.25, 0.3) is 0 Å². The van der Waals surface area contributed by atoms with Crippen LogP contribution in [0.25, 0.3) is 0 Å². The van der Waals surface area contributed by atoms with Crippen molar-refractivity contribution in [1.82, 2.24) is 5.32 Å². The highest BCUT2D eigenvalue weighted by Crippen LogP contribution is 2.18. The van der Waals surface area contributed by atoms with Crippen molar-refractivity contribution >= 4 is 11.6 Å². The van der Waals surface area contributed by atoms with Gasteiger partial charge in [0.2, 0.25) is 5.91 Å². The number of ether oxygens (including phenoxy) is 1. The van der Waals surface area contributed by atoms with E-state index in [1.807, 2.05) is 54.6 Å². The van der Waals surface area contributed by atoms with E-state index >= 15 is 0 Å². The van der Waals surface area contributed by atoms with Crippen molar-refractivity contribution in [1.29, 1.82) is 0 Å². The number of hydrogen-bond donors (Lipinski definition) is 2. The number of carbonyl (C=O) groups excluding carboxylic acids is 1. The van der Waals surface area contributed by atoms with Gasteiger partial charge in [0.05, 0.1) is 6.04 Å². The Labute approximate surface area is 130 Å². The molecule has 1 unspecified atom stereocenters. The number of carbonyl (C=O) groups is 1. The minimum absolute atomic E-state index is 0.0375. The minimum atomic E-state index is -0.0611. The normalized spacial score (nSPS) is 17.2. The van der Waals surface area contributed by atoms with Gasteiger partial charge in [-0.05, 0) is 49.2 Å². The van der Waals surface area contributed by atoms with E-state index in [1.54, 1.807) is 0 Å². The molecule has 1 saturated heterocycles. The molecule has 4 heteroatoms. The monoisotopic (exact) mass is 296 g/mol. The third-order valence-electron chi connectivity index (χ3n) is 3.75. The average molecular weight is 296 g/mol. The molecule has 0 saturated carbocycles. The van der Waals surface area contributed by atoms with Crippen LogP contribution in [0.2, 0.25) is 0 Å². The highest BCUT2D eigenvalue weighted by Gasteiger charge is 2.21. The number of anilines is 1. The molecular formula is C18H20N2O2. The molecule has 2 aromatic rings. The van der Waals surface area contributed by atoms with E-state index < -0.39 is 0 Å². The Kier molecular flexibility index (Phi) is 4.71. The first-order valence-corrected chi connectivity index (χ1v) is 7.62. The lowest BCUT2D eigenvalue weighted by Crippen LogP contribution is -2.35. The summed E-state index contributed by atoms with van der Waals surface area (Å²) in [4.78, 5) is 12.0. The molecule has 1 atom stereocenters. The van der Waals surface area contributed by atoms with Gasteiger partial charge in [0.1, 0.15) is 12.4 Å². The average Bonchev–Trinajstić information content (AvgIpc) is 3.10. The van der Waals surface area contributed by atoms with E-state index in [1.165, 1.54) is 0 Å². The first-order chi connectivity index (χ1) is 10.8. The maximum absolute atomic E-state index is 12.0. The summed E-state index contributed by atoms with van der Waals surface area (Å²) >= 11 is 0. The molecule has 2 N–H and O–H groups in total. The van der Waals surface area contributed by atoms with Gasteiger partial charge in [-0.25, -0.2) is 0 Å². The summed E-state index contributed by atoms with van der Waals surface area (Å²) in [5, 5.41) is 6.12. The molecule has 1 amide bonds. The van der Waals surface area contributed by atoms with Gasteiger partial charge >= 0.3 is 0 Å². The molecular weight excluding hydrogens is 276 g/mol. The maximum Gasteiger partial charge on any atom is 0.241 e. The molecule has 114 valence electrons. The zero-order chi connectivity index (χ0) is 15.2. The van der Waals surface area contributed by atoms with Crippen molar-refractivity contribution in [3.8, 4) is 5.75 Å². The lowest BCUT2D eigenvalue weighted by molar-refractivity contribution is -0.117. The van der Waals surface area contributed by atoms with E-state index in [9.17, 15) is 4.79 Å². The van der Waals surface area contributed by atoms with Crippen molar-refractivity contribution in [2.75, 3.05) is 11.9 Å². The number of benzene rings is 2. The Balaban J connectivity index is 1.52. The summed E-state index contributed by atoms with van der Waals surface area (Å²) in [6.45, 7) is 1.46. The van der Waals surface area contributed by atoms with Gasteiger partial charge < -0.3 is 15.4 Å². The second kappa shape index (κ2) is 7.09. The van der Waals surface area contributed by atoms with Gasteiger partial charge in [0, 0.05) is 5.69 Å². The first-order valence-electron chi connectivity index (χ1n) is 7.62. The van der Waals surface area contributed by atoms with Crippen molar-refractivity contribution in [2.24, 2.45) is 0 Å². The molecule has 0 spiro atoms. The second-order valence-electron chi connectivity index (χ2n) is 5.44. The molecule has 1 fully saturated rings. The summed E-state index contributed by atoms with van der Waals surface area (Å²) in [5.74, 6) is 0.830. The summed E-state index contributed by atoms with van der Waals surface area (Å²) in [5.41, 5.74) is 1.93. The maximum atomic E-state index is 12.0. The Bertz CT molecular complexity index is 605. The second-order valence-corrected chi connectivity index (χ2v) is 5.44. The standard InChI is InChI=1S/C18H20N2O2/c21-18(17-7-4-12-19-17)20-15-8-10-16(11-9-15)22-13-14-5-2-1-3-6-14/h1-3,5-6,8-11,17,19H,4,7,12-13H2,(H,20,21). The predicted octanol–water partition coefficient (Wildman–Crippen LogP) is 2.96. The predicted molar refractivity (Wildman–Crippen MR) is 86.9 cm³/mol. The summed E-state index contributed by atoms with van der Waals surface area (Å²) in [7, 11) is 0. The topological polar surface area (TPSA) is 50.4 Å². The molecule has 0 aromatic heterocycles. The Hall–Kier alpha value is -2.33. The smallest absolute Gasteiger partial charge is 0.241 e. The highest BCUT2D eigenvalue weighted by atomic mass is 16.5. The minimum Gasteiger partial charge on any atom is -0.489 e. The summed E-state index contributed by atoms with van der Waals surface area (Å²) in [6.07, 6.45) is 1.97. The number of amides is 1. The highest BCUT2D eigenvalue weighted by molar-refractivity contribution is 5.95. The van der Waals surface area contributed by atoms with Gasteiger partial charge in [-0.15, -0.1) is 0 Å². The van der Waals surface area contributed by atoms with Crippen LogP contribution in [0.5, 0.6) is 5.75 Å². The fourth-order valence-electron chi connectivity index (χ4n) is 2.51. The van der Waals surface area contributed by atoms with E-state index in [0.717, 1.165) is 36.4 Å².